The number of carbonyl (C=O) groups is 2. The fourth-order valence-corrected chi connectivity index (χ4v) is 4.20. The van der Waals surface area contributed by atoms with E-state index in [0.717, 1.165) is 22.0 Å². The lowest BCUT2D eigenvalue weighted by Gasteiger charge is -2.12. The van der Waals surface area contributed by atoms with Gasteiger partial charge in [-0.1, -0.05) is 48.5 Å². The van der Waals surface area contributed by atoms with Gasteiger partial charge in [0.25, 0.3) is 5.91 Å². The number of nitrogens with zero attached hydrogens (tertiary/aromatic N) is 1. The zero-order valence-electron chi connectivity index (χ0n) is 15.0. The first-order chi connectivity index (χ1) is 13.6. The van der Waals surface area contributed by atoms with Crippen LogP contribution < -0.4 is 10.6 Å². The zero-order valence-corrected chi connectivity index (χ0v) is 16.6. The number of hydrogen-bond donors (Lipinski definition) is 2. The third-order valence-electron chi connectivity index (χ3n) is 4.29. The number of benzene rings is 2. The summed E-state index contributed by atoms with van der Waals surface area (Å²) in [5.74, 6) is -0.558. The van der Waals surface area contributed by atoms with E-state index in [4.69, 9.17) is 0 Å². The molecule has 2 aromatic heterocycles. The molecule has 2 N–H and O–H groups in total. The van der Waals surface area contributed by atoms with Crippen molar-refractivity contribution in [2.45, 2.75) is 13.0 Å². The molecule has 0 fully saturated rings. The van der Waals surface area contributed by atoms with Gasteiger partial charge in [0.1, 0.15) is 6.04 Å². The third kappa shape index (κ3) is 3.81. The van der Waals surface area contributed by atoms with E-state index in [-0.39, 0.29) is 11.8 Å². The SMILES string of the molecule is CC(NC(=O)c1cccs1)C(=O)Nc1nc(-c2cccc3ccccc23)cs1. The number of thiophene rings is 1. The fourth-order valence-electron chi connectivity index (χ4n) is 2.86. The van der Waals surface area contributed by atoms with Crippen molar-refractivity contribution in [3.8, 4) is 11.3 Å². The molecule has 0 saturated carbocycles. The van der Waals surface area contributed by atoms with Crippen LogP contribution in [0.15, 0.2) is 65.4 Å². The lowest BCUT2D eigenvalue weighted by molar-refractivity contribution is -0.117. The normalized spacial score (nSPS) is 11.9. The quantitative estimate of drug-likeness (QED) is 0.500. The molecule has 2 aromatic carbocycles. The van der Waals surface area contributed by atoms with E-state index in [1.54, 1.807) is 19.1 Å². The maximum atomic E-state index is 12.4. The molecular weight excluding hydrogens is 390 g/mol. The molecule has 0 radical (unpaired) electrons. The van der Waals surface area contributed by atoms with Gasteiger partial charge in [0.2, 0.25) is 5.91 Å². The van der Waals surface area contributed by atoms with E-state index in [1.165, 1.54) is 22.7 Å². The second-order valence-electron chi connectivity index (χ2n) is 6.23. The van der Waals surface area contributed by atoms with Gasteiger partial charge in [0, 0.05) is 10.9 Å². The third-order valence-corrected chi connectivity index (χ3v) is 5.91. The molecule has 0 aliphatic carbocycles. The first kappa shape index (κ1) is 18.3. The van der Waals surface area contributed by atoms with Crippen LogP contribution in [0.3, 0.4) is 0 Å². The average molecular weight is 408 g/mol. The molecular formula is C21H17N3O2S2. The minimum atomic E-state index is -0.667. The van der Waals surface area contributed by atoms with Gasteiger partial charge in [0.05, 0.1) is 10.6 Å². The molecule has 0 saturated heterocycles. The Hall–Kier alpha value is -3.03. The summed E-state index contributed by atoms with van der Waals surface area (Å²) in [5.41, 5.74) is 1.83. The lowest BCUT2D eigenvalue weighted by Crippen LogP contribution is -2.41. The molecule has 2 amide bonds. The summed E-state index contributed by atoms with van der Waals surface area (Å²) in [6.07, 6.45) is 0. The largest absolute Gasteiger partial charge is 0.340 e. The second-order valence-corrected chi connectivity index (χ2v) is 8.03. The van der Waals surface area contributed by atoms with Gasteiger partial charge < -0.3 is 10.6 Å². The van der Waals surface area contributed by atoms with E-state index >= 15 is 0 Å². The molecule has 7 heteroatoms. The fraction of sp³-hybridized carbons (Fsp3) is 0.0952. The summed E-state index contributed by atoms with van der Waals surface area (Å²) < 4.78 is 0. The molecule has 4 rings (SSSR count). The first-order valence-electron chi connectivity index (χ1n) is 8.71. The van der Waals surface area contributed by atoms with Crippen molar-refractivity contribution < 1.29 is 9.59 Å². The van der Waals surface area contributed by atoms with Crippen molar-refractivity contribution in [3.63, 3.8) is 0 Å². The number of nitrogens with one attached hydrogen (secondary N) is 2. The van der Waals surface area contributed by atoms with Crippen molar-refractivity contribution in [2.75, 3.05) is 5.32 Å². The highest BCUT2D eigenvalue weighted by Gasteiger charge is 2.18. The summed E-state index contributed by atoms with van der Waals surface area (Å²) in [4.78, 5) is 29.6. The number of amides is 2. The number of anilines is 1. The summed E-state index contributed by atoms with van der Waals surface area (Å²) in [6.45, 7) is 1.65. The Bertz CT molecular complexity index is 1130. The van der Waals surface area contributed by atoms with Gasteiger partial charge >= 0.3 is 0 Å². The van der Waals surface area contributed by atoms with Crippen molar-refractivity contribution in [3.05, 3.63) is 70.2 Å². The monoisotopic (exact) mass is 407 g/mol. The molecule has 140 valence electrons. The van der Waals surface area contributed by atoms with Crippen molar-refractivity contribution >= 4 is 50.4 Å². The smallest absolute Gasteiger partial charge is 0.261 e. The standard InChI is InChI=1S/C21H17N3O2S2/c1-13(22-20(26)18-10-5-11-27-18)19(25)24-21-23-17(12-28-21)16-9-4-7-14-6-2-3-8-15(14)16/h2-13H,1H3,(H,22,26)(H,23,24,25). The Balaban J connectivity index is 1.47. The minimum absolute atomic E-state index is 0.256. The predicted octanol–water partition coefficient (Wildman–Crippen LogP) is 4.78. The van der Waals surface area contributed by atoms with Crippen LogP contribution in [0.25, 0.3) is 22.0 Å². The Morgan fingerprint density at radius 1 is 1.00 bits per heavy atom. The van der Waals surface area contributed by atoms with E-state index in [1.807, 2.05) is 35.0 Å². The Kier molecular flexibility index (Phi) is 5.18. The Morgan fingerprint density at radius 3 is 2.64 bits per heavy atom. The number of rotatable bonds is 5. The van der Waals surface area contributed by atoms with Crippen LogP contribution in [0.5, 0.6) is 0 Å². The molecule has 2 heterocycles. The van der Waals surface area contributed by atoms with Crippen LogP contribution in [0.4, 0.5) is 5.13 Å². The topological polar surface area (TPSA) is 71.1 Å². The summed E-state index contributed by atoms with van der Waals surface area (Å²) >= 11 is 2.70. The molecule has 0 aliphatic heterocycles. The molecule has 0 bridgehead atoms. The van der Waals surface area contributed by atoms with Crippen molar-refractivity contribution in [1.82, 2.24) is 10.3 Å². The number of hydrogen-bond acceptors (Lipinski definition) is 5. The van der Waals surface area contributed by atoms with Crippen LogP contribution in [0.2, 0.25) is 0 Å². The molecule has 0 spiro atoms. The lowest BCUT2D eigenvalue weighted by atomic mass is 10.0. The highest BCUT2D eigenvalue weighted by molar-refractivity contribution is 7.14. The molecule has 1 unspecified atom stereocenters. The second kappa shape index (κ2) is 7.92. The van der Waals surface area contributed by atoms with E-state index < -0.39 is 6.04 Å². The molecule has 1 atom stereocenters. The minimum Gasteiger partial charge on any atom is -0.340 e. The van der Waals surface area contributed by atoms with E-state index in [2.05, 4.69) is 33.8 Å². The Morgan fingerprint density at radius 2 is 1.82 bits per heavy atom. The van der Waals surface area contributed by atoms with E-state index in [0.29, 0.717) is 10.0 Å². The number of carbonyl (C=O) groups excluding carboxylic acids is 2. The number of thiazole rings is 1. The van der Waals surface area contributed by atoms with Gasteiger partial charge in [-0.2, -0.15) is 0 Å². The first-order valence-corrected chi connectivity index (χ1v) is 10.5. The van der Waals surface area contributed by atoms with Crippen molar-refractivity contribution in [2.24, 2.45) is 0 Å². The molecule has 4 aromatic rings. The number of aromatic nitrogens is 1. The predicted molar refractivity (Wildman–Crippen MR) is 115 cm³/mol. The summed E-state index contributed by atoms with van der Waals surface area (Å²) in [5, 5.41) is 12.0. The van der Waals surface area contributed by atoms with Gasteiger partial charge in [-0.25, -0.2) is 4.98 Å². The van der Waals surface area contributed by atoms with E-state index in [9.17, 15) is 9.59 Å². The number of fused-ring (bicyclic) bond motifs is 1. The maximum absolute atomic E-state index is 12.4. The zero-order chi connectivity index (χ0) is 19.5. The molecule has 5 nitrogen and oxygen atoms in total. The summed E-state index contributed by atoms with van der Waals surface area (Å²) in [7, 11) is 0. The van der Waals surface area contributed by atoms with Crippen molar-refractivity contribution in [1.29, 1.82) is 0 Å². The van der Waals surface area contributed by atoms with Crippen LogP contribution in [-0.2, 0) is 4.79 Å². The van der Waals surface area contributed by atoms with Gasteiger partial charge in [-0.05, 0) is 29.1 Å². The average Bonchev–Trinajstić information content (AvgIpc) is 3.39. The summed E-state index contributed by atoms with van der Waals surface area (Å²) in [6, 6.07) is 17.1. The van der Waals surface area contributed by atoms with Gasteiger partial charge in [-0.3, -0.25) is 9.59 Å². The van der Waals surface area contributed by atoms with Gasteiger partial charge in [-0.15, -0.1) is 22.7 Å². The van der Waals surface area contributed by atoms with Crippen LogP contribution in [0, 0.1) is 0 Å². The van der Waals surface area contributed by atoms with Crippen LogP contribution in [0.1, 0.15) is 16.6 Å². The molecule has 28 heavy (non-hydrogen) atoms. The molecule has 0 aliphatic rings. The highest BCUT2D eigenvalue weighted by Crippen LogP contribution is 2.30. The van der Waals surface area contributed by atoms with Gasteiger partial charge in [0.15, 0.2) is 5.13 Å². The van der Waals surface area contributed by atoms with Crippen LogP contribution >= 0.6 is 22.7 Å². The van der Waals surface area contributed by atoms with Crippen LogP contribution in [-0.4, -0.2) is 22.8 Å². The highest BCUT2D eigenvalue weighted by atomic mass is 32.1. The Labute approximate surface area is 170 Å². The maximum Gasteiger partial charge on any atom is 0.261 e.